The molecule has 9 nitrogen and oxygen atoms in total. The van der Waals surface area contributed by atoms with Gasteiger partial charge in [0.05, 0.1) is 13.2 Å². The minimum absolute atomic E-state index is 0.117. The van der Waals surface area contributed by atoms with Crippen LogP contribution in [0.25, 0.3) is 0 Å². The number of ether oxygens (including phenoxy) is 1. The molecule has 2 aromatic heterocycles. The summed E-state index contributed by atoms with van der Waals surface area (Å²) in [7, 11) is 0. The number of hydrogen-bond donors (Lipinski definition) is 0. The van der Waals surface area contributed by atoms with Gasteiger partial charge >= 0.3 is 0 Å². The summed E-state index contributed by atoms with van der Waals surface area (Å²) in [4.78, 5) is 21.1. The number of anilines is 1. The molecule has 27 heavy (non-hydrogen) atoms. The quantitative estimate of drug-likeness (QED) is 0.801. The molecule has 2 aliphatic rings. The molecule has 0 aromatic carbocycles. The molecule has 0 spiro atoms. The van der Waals surface area contributed by atoms with Crippen LogP contribution in [0.3, 0.4) is 0 Å². The number of carbonyl (C=O) groups is 1. The monoisotopic (exact) mass is 375 g/mol. The van der Waals surface area contributed by atoms with E-state index in [0.29, 0.717) is 38.0 Å². The van der Waals surface area contributed by atoms with Crippen molar-refractivity contribution < 1.29 is 18.6 Å². The Balaban J connectivity index is 1.35. The fourth-order valence-corrected chi connectivity index (χ4v) is 3.44. The van der Waals surface area contributed by atoms with E-state index in [1.807, 2.05) is 13.8 Å². The molecule has 0 unspecified atom stereocenters. The van der Waals surface area contributed by atoms with Crippen LogP contribution in [-0.4, -0.2) is 65.5 Å². The smallest absolute Gasteiger partial charge is 0.292 e. The third-order valence-corrected chi connectivity index (χ3v) is 5.15. The molecule has 4 rings (SSSR count). The number of rotatable bonds is 4. The van der Waals surface area contributed by atoms with Crippen LogP contribution in [-0.2, 0) is 4.74 Å². The molecule has 146 valence electrons. The molecule has 0 atom stereocenters. The van der Waals surface area contributed by atoms with Crippen LogP contribution in [0.5, 0.6) is 0 Å². The van der Waals surface area contributed by atoms with Gasteiger partial charge in [-0.15, -0.1) is 0 Å². The first kappa shape index (κ1) is 18.0. The summed E-state index contributed by atoms with van der Waals surface area (Å²) in [6.07, 6.45) is 1.60. The predicted molar refractivity (Wildman–Crippen MR) is 95.8 cm³/mol. The first-order chi connectivity index (χ1) is 13.1. The summed E-state index contributed by atoms with van der Waals surface area (Å²) in [6, 6.07) is 1.73. The fraction of sp³-hybridized carbons (Fsp3) is 0.667. The standard InChI is InChI=1S/C18H25N5O4/c1-12(2)16-19-17(27-21-16)13-3-5-23(6-4-13)18(24)14-11-15(20-26-14)22-7-9-25-10-8-22/h11-13H,3-10H2,1-2H3. The fourth-order valence-electron chi connectivity index (χ4n) is 3.44. The number of aromatic nitrogens is 3. The Kier molecular flexibility index (Phi) is 5.11. The summed E-state index contributed by atoms with van der Waals surface area (Å²) >= 11 is 0. The molecule has 0 bridgehead atoms. The topological polar surface area (TPSA) is 97.7 Å². The van der Waals surface area contributed by atoms with E-state index in [9.17, 15) is 4.79 Å². The van der Waals surface area contributed by atoms with Gasteiger partial charge in [-0.1, -0.05) is 24.2 Å². The zero-order chi connectivity index (χ0) is 18.8. The summed E-state index contributed by atoms with van der Waals surface area (Å²) in [5.41, 5.74) is 0. The zero-order valence-electron chi connectivity index (χ0n) is 15.8. The average Bonchev–Trinajstić information content (AvgIpc) is 3.38. The summed E-state index contributed by atoms with van der Waals surface area (Å²) in [5, 5.41) is 8.09. The highest BCUT2D eigenvalue weighted by atomic mass is 16.5. The number of likely N-dealkylation sites (tertiary alicyclic amines) is 1. The molecular weight excluding hydrogens is 350 g/mol. The SMILES string of the molecule is CC(C)c1noc(C2CCN(C(=O)c3cc(N4CCOCC4)no3)CC2)n1. The van der Waals surface area contributed by atoms with Gasteiger partial charge in [0.1, 0.15) is 0 Å². The maximum absolute atomic E-state index is 12.7. The Morgan fingerprint density at radius 3 is 2.52 bits per heavy atom. The highest BCUT2D eigenvalue weighted by Gasteiger charge is 2.30. The van der Waals surface area contributed by atoms with Crippen LogP contribution in [0.15, 0.2) is 15.1 Å². The van der Waals surface area contributed by atoms with Gasteiger partial charge in [-0.2, -0.15) is 4.98 Å². The van der Waals surface area contributed by atoms with Crippen molar-refractivity contribution in [2.75, 3.05) is 44.3 Å². The zero-order valence-corrected chi connectivity index (χ0v) is 15.8. The van der Waals surface area contributed by atoms with E-state index in [-0.39, 0.29) is 23.5 Å². The van der Waals surface area contributed by atoms with Gasteiger partial charge in [0, 0.05) is 44.1 Å². The van der Waals surface area contributed by atoms with Crippen LogP contribution in [0, 0.1) is 0 Å². The first-order valence-electron chi connectivity index (χ1n) is 9.54. The van der Waals surface area contributed by atoms with Crippen LogP contribution in [0.4, 0.5) is 5.82 Å². The Bertz CT molecular complexity index is 772. The number of carbonyl (C=O) groups excluding carboxylic acids is 1. The van der Waals surface area contributed by atoms with Crippen molar-refractivity contribution in [1.29, 1.82) is 0 Å². The van der Waals surface area contributed by atoms with Crippen LogP contribution >= 0.6 is 0 Å². The second-order valence-corrected chi connectivity index (χ2v) is 7.36. The van der Waals surface area contributed by atoms with E-state index >= 15 is 0 Å². The molecule has 2 aliphatic heterocycles. The normalized spacial score (nSPS) is 19.1. The van der Waals surface area contributed by atoms with Gasteiger partial charge in [0.15, 0.2) is 11.6 Å². The number of hydrogen-bond acceptors (Lipinski definition) is 8. The van der Waals surface area contributed by atoms with Gasteiger partial charge in [0.25, 0.3) is 5.91 Å². The van der Waals surface area contributed by atoms with Gasteiger partial charge in [-0.25, -0.2) is 0 Å². The Hall–Kier alpha value is -2.42. The predicted octanol–water partition coefficient (Wildman–Crippen LogP) is 2.04. The molecule has 2 fully saturated rings. The molecule has 2 saturated heterocycles. The average molecular weight is 375 g/mol. The maximum atomic E-state index is 12.7. The molecule has 0 saturated carbocycles. The number of piperidine rings is 1. The molecule has 0 aliphatic carbocycles. The lowest BCUT2D eigenvalue weighted by molar-refractivity contribution is 0.0662. The van der Waals surface area contributed by atoms with Crippen molar-refractivity contribution in [1.82, 2.24) is 20.2 Å². The molecule has 0 N–H and O–H groups in total. The lowest BCUT2D eigenvalue weighted by Crippen LogP contribution is -2.38. The molecule has 2 aromatic rings. The van der Waals surface area contributed by atoms with E-state index < -0.39 is 0 Å². The Labute approximate surface area is 157 Å². The van der Waals surface area contributed by atoms with Crippen molar-refractivity contribution >= 4 is 11.7 Å². The van der Waals surface area contributed by atoms with E-state index in [1.165, 1.54) is 0 Å². The van der Waals surface area contributed by atoms with Crippen LogP contribution < -0.4 is 4.90 Å². The molecule has 0 radical (unpaired) electrons. The lowest BCUT2D eigenvalue weighted by atomic mass is 9.96. The second-order valence-electron chi connectivity index (χ2n) is 7.36. The summed E-state index contributed by atoms with van der Waals surface area (Å²) in [6.45, 7) is 8.20. The Morgan fingerprint density at radius 2 is 1.85 bits per heavy atom. The van der Waals surface area contributed by atoms with Gasteiger partial charge < -0.3 is 23.6 Å². The minimum Gasteiger partial charge on any atom is -0.378 e. The van der Waals surface area contributed by atoms with Gasteiger partial charge in [-0.3, -0.25) is 4.79 Å². The second kappa shape index (κ2) is 7.67. The van der Waals surface area contributed by atoms with Crippen molar-refractivity contribution in [3.8, 4) is 0 Å². The number of amides is 1. The van der Waals surface area contributed by atoms with E-state index in [0.717, 1.165) is 31.8 Å². The van der Waals surface area contributed by atoms with Gasteiger partial charge in [0.2, 0.25) is 11.7 Å². The van der Waals surface area contributed by atoms with E-state index in [1.54, 1.807) is 11.0 Å². The summed E-state index contributed by atoms with van der Waals surface area (Å²) < 4.78 is 16.1. The summed E-state index contributed by atoms with van der Waals surface area (Å²) in [5.74, 6) is 2.73. The number of nitrogens with zero attached hydrogens (tertiary/aromatic N) is 5. The van der Waals surface area contributed by atoms with Crippen molar-refractivity contribution in [3.63, 3.8) is 0 Å². The van der Waals surface area contributed by atoms with Crippen molar-refractivity contribution in [2.45, 2.75) is 38.5 Å². The highest BCUT2D eigenvalue weighted by molar-refractivity contribution is 5.92. The highest BCUT2D eigenvalue weighted by Crippen LogP contribution is 2.29. The Morgan fingerprint density at radius 1 is 1.11 bits per heavy atom. The largest absolute Gasteiger partial charge is 0.378 e. The van der Waals surface area contributed by atoms with E-state index in [2.05, 4.69) is 20.2 Å². The van der Waals surface area contributed by atoms with Crippen LogP contribution in [0.1, 0.15) is 60.8 Å². The molecule has 1 amide bonds. The lowest BCUT2D eigenvalue weighted by Gasteiger charge is -2.29. The van der Waals surface area contributed by atoms with Crippen molar-refractivity contribution in [2.24, 2.45) is 0 Å². The third-order valence-electron chi connectivity index (χ3n) is 5.15. The molecule has 4 heterocycles. The molecule has 9 heteroatoms. The van der Waals surface area contributed by atoms with Crippen LogP contribution in [0.2, 0.25) is 0 Å². The molecular formula is C18H25N5O4. The maximum Gasteiger partial charge on any atom is 0.292 e. The van der Waals surface area contributed by atoms with Gasteiger partial charge in [-0.05, 0) is 12.8 Å². The third kappa shape index (κ3) is 3.83. The minimum atomic E-state index is -0.117. The first-order valence-corrected chi connectivity index (χ1v) is 9.54. The van der Waals surface area contributed by atoms with Crippen molar-refractivity contribution in [3.05, 3.63) is 23.5 Å². The van der Waals surface area contributed by atoms with E-state index in [4.69, 9.17) is 13.8 Å². The number of morpholine rings is 1.